The van der Waals surface area contributed by atoms with E-state index in [2.05, 4.69) is 10.1 Å². The SMILES string of the molecule is CCONC(=O)c1cnn(-c2ncccc2Cl)c1C(F)F. The molecule has 0 saturated carbocycles. The molecule has 2 aromatic heterocycles. The first-order valence-electron chi connectivity index (χ1n) is 5.95. The summed E-state index contributed by atoms with van der Waals surface area (Å²) in [5.74, 6) is -0.796. The van der Waals surface area contributed by atoms with Crippen molar-refractivity contribution in [3.63, 3.8) is 0 Å². The first kappa shape index (κ1) is 15.3. The van der Waals surface area contributed by atoms with E-state index in [0.29, 0.717) is 0 Å². The van der Waals surface area contributed by atoms with Gasteiger partial charge < -0.3 is 0 Å². The minimum atomic E-state index is -2.94. The maximum Gasteiger partial charge on any atom is 0.281 e. The Balaban J connectivity index is 2.47. The van der Waals surface area contributed by atoms with Gasteiger partial charge in [-0.3, -0.25) is 9.63 Å². The Morgan fingerprint density at radius 1 is 1.57 bits per heavy atom. The first-order valence-corrected chi connectivity index (χ1v) is 6.33. The van der Waals surface area contributed by atoms with E-state index in [4.69, 9.17) is 16.4 Å². The van der Waals surface area contributed by atoms with Gasteiger partial charge in [-0.15, -0.1) is 0 Å². The zero-order valence-electron chi connectivity index (χ0n) is 10.9. The van der Waals surface area contributed by atoms with Crippen molar-refractivity contribution in [3.8, 4) is 5.82 Å². The van der Waals surface area contributed by atoms with Crippen molar-refractivity contribution in [2.75, 3.05) is 6.61 Å². The molecule has 0 saturated heterocycles. The molecule has 2 aromatic rings. The number of halogens is 3. The van der Waals surface area contributed by atoms with E-state index in [1.807, 2.05) is 5.48 Å². The van der Waals surface area contributed by atoms with Crippen LogP contribution in [0.3, 0.4) is 0 Å². The number of nitrogens with zero attached hydrogens (tertiary/aromatic N) is 3. The smallest absolute Gasteiger partial charge is 0.274 e. The zero-order valence-corrected chi connectivity index (χ0v) is 11.6. The molecule has 2 rings (SSSR count). The molecule has 0 atom stereocenters. The summed E-state index contributed by atoms with van der Waals surface area (Å²) in [6.07, 6.45) is -0.535. The summed E-state index contributed by atoms with van der Waals surface area (Å²) >= 11 is 5.91. The van der Waals surface area contributed by atoms with Crippen molar-refractivity contribution in [1.29, 1.82) is 0 Å². The van der Waals surface area contributed by atoms with Crippen molar-refractivity contribution >= 4 is 17.5 Å². The topological polar surface area (TPSA) is 69.0 Å². The summed E-state index contributed by atoms with van der Waals surface area (Å²) in [6.45, 7) is 1.85. The van der Waals surface area contributed by atoms with Crippen LogP contribution < -0.4 is 5.48 Å². The highest BCUT2D eigenvalue weighted by molar-refractivity contribution is 6.32. The number of carbonyl (C=O) groups excluding carboxylic acids is 1. The van der Waals surface area contributed by atoms with Gasteiger partial charge in [0.2, 0.25) is 0 Å². The minimum Gasteiger partial charge on any atom is -0.274 e. The van der Waals surface area contributed by atoms with Crippen LogP contribution in [0, 0.1) is 0 Å². The molecule has 2 heterocycles. The molecule has 0 aliphatic rings. The lowest BCUT2D eigenvalue weighted by Gasteiger charge is -2.09. The average Bonchev–Trinajstić information content (AvgIpc) is 2.90. The number of amides is 1. The highest BCUT2D eigenvalue weighted by Gasteiger charge is 2.26. The molecule has 1 amide bonds. The van der Waals surface area contributed by atoms with E-state index in [9.17, 15) is 13.6 Å². The molecule has 0 aromatic carbocycles. The van der Waals surface area contributed by atoms with Crippen molar-refractivity contribution in [2.45, 2.75) is 13.3 Å². The Hall–Kier alpha value is -2.06. The molecule has 1 N–H and O–H groups in total. The standard InChI is InChI=1S/C12H11ClF2N4O2/c1-2-21-18-12(20)7-6-17-19(9(7)10(14)15)11-8(13)4-3-5-16-11/h3-6,10H,2H2,1H3,(H,18,20). The van der Waals surface area contributed by atoms with Crippen LogP contribution in [0.1, 0.15) is 29.4 Å². The molecular formula is C12H11ClF2N4O2. The zero-order chi connectivity index (χ0) is 15.4. The predicted octanol–water partition coefficient (Wildman–Crippen LogP) is 2.54. The second-order valence-electron chi connectivity index (χ2n) is 3.83. The van der Waals surface area contributed by atoms with Gasteiger partial charge in [0.05, 0.1) is 23.4 Å². The van der Waals surface area contributed by atoms with Gasteiger partial charge >= 0.3 is 0 Å². The third-order valence-corrected chi connectivity index (χ3v) is 2.80. The Morgan fingerprint density at radius 3 is 2.95 bits per heavy atom. The largest absolute Gasteiger partial charge is 0.281 e. The highest BCUT2D eigenvalue weighted by atomic mass is 35.5. The van der Waals surface area contributed by atoms with Crippen LogP contribution in [0.4, 0.5) is 8.78 Å². The third kappa shape index (κ3) is 3.17. The number of hydrogen-bond donors (Lipinski definition) is 1. The normalized spacial score (nSPS) is 10.9. The fourth-order valence-corrected chi connectivity index (χ4v) is 1.84. The van der Waals surface area contributed by atoms with Crippen LogP contribution in [0.25, 0.3) is 5.82 Å². The lowest BCUT2D eigenvalue weighted by molar-refractivity contribution is 0.0358. The van der Waals surface area contributed by atoms with E-state index in [1.165, 1.54) is 12.3 Å². The maximum absolute atomic E-state index is 13.3. The monoisotopic (exact) mass is 316 g/mol. The van der Waals surface area contributed by atoms with E-state index >= 15 is 0 Å². The van der Waals surface area contributed by atoms with Crippen LogP contribution in [0.2, 0.25) is 5.02 Å². The molecule has 0 aliphatic carbocycles. The van der Waals surface area contributed by atoms with Crippen LogP contribution in [0.5, 0.6) is 0 Å². The van der Waals surface area contributed by atoms with Gasteiger partial charge in [-0.05, 0) is 19.1 Å². The first-order chi connectivity index (χ1) is 10.1. The van der Waals surface area contributed by atoms with Crippen LogP contribution in [0.15, 0.2) is 24.5 Å². The number of hydrogen-bond acceptors (Lipinski definition) is 4. The number of carbonyl (C=O) groups is 1. The lowest BCUT2D eigenvalue weighted by Crippen LogP contribution is -2.24. The number of pyridine rings is 1. The molecule has 0 aliphatic heterocycles. The summed E-state index contributed by atoms with van der Waals surface area (Å²) in [7, 11) is 0. The Bertz CT molecular complexity index is 648. The molecule has 0 spiro atoms. The van der Waals surface area contributed by atoms with E-state index in [-0.39, 0.29) is 23.0 Å². The molecule has 0 radical (unpaired) electrons. The Kier molecular flexibility index (Phi) is 4.81. The van der Waals surface area contributed by atoms with E-state index < -0.39 is 18.0 Å². The Labute approximate surface area is 123 Å². The Morgan fingerprint density at radius 2 is 2.33 bits per heavy atom. The van der Waals surface area contributed by atoms with Crippen molar-refractivity contribution in [3.05, 3.63) is 40.8 Å². The second-order valence-corrected chi connectivity index (χ2v) is 4.24. The van der Waals surface area contributed by atoms with Gasteiger partial charge in [0.25, 0.3) is 12.3 Å². The summed E-state index contributed by atoms with van der Waals surface area (Å²) in [5, 5.41) is 3.91. The van der Waals surface area contributed by atoms with Crippen molar-refractivity contribution in [2.24, 2.45) is 0 Å². The summed E-state index contributed by atoms with van der Waals surface area (Å²) < 4.78 is 27.4. The predicted molar refractivity (Wildman–Crippen MR) is 70.4 cm³/mol. The molecule has 9 heteroatoms. The molecule has 6 nitrogen and oxygen atoms in total. The minimum absolute atomic E-state index is 0.0185. The van der Waals surface area contributed by atoms with Gasteiger partial charge in [0.15, 0.2) is 5.82 Å². The average molecular weight is 317 g/mol. The molecular weight excluding hydrogens is 306 g/mol. The van der Waals surface area contributed by atoms with Gasteiger partial charge in [-0.2, -0.15) is 5.10 Å². The van der Waals surface area contributed by atoms with Crippen molar-refractivity contribution in [1.82, 2.24) is 20.2 Å². The quantitative estimate of drug-likeness (QED) is 0.861. The molecule has 0 bridgehead atoms. The maximum atomic E-state index is 13.3. The fraction of sp³-hybridized carbons (Fsp3) is 0.250. The van der Waals surface area contributed by atoms with Crippen LogP contribution in [-0.4, -0.2) is 27.3 Å². The third-order valence-electron chi connectivity index (χ3n) is 2.51. The number of alkyl halides is 2. The van der Waals surface area contributed by atoms with Gasteiger partial charge in [0.1, 0.15) is 5.69 Å². The second kappa shape index (κ2) is 6.59. The van der Waals surface area contributed by atoms with Crippen LogP contribution in [-0.2, 0) is 4.84 Å². The number of aromatic nitrogens is 3. The molecule has 0 fully saturated rings. The number of hydroxylamine groups is 1. The molecule has 112 valence electrons. The van der Waals surface area contributed by atoms with Gasteiger partial charge in [-0.25, -0.2) is 23.9 Å². The number of rotatable bonds is 5. The lowest BCUT2D eigenvalue weighted by atomic mass is 10.2. The van der Waals surface area contributed by atoms with E-state index in [1.54, 1.807) is 13.0 Å². The summed E-state index contributed by atoms with van der Waals surface area (Å²) in [5.41, 5.74) is 1.14. The molecule has 21 heavy (non-hydrogen) atoms. The molecule has 0 unspecified atom stereocenters. The number of nitrogens with one attached hydrogen (secondary N) is 1. The summed E-state index contributed by atoms with van der Waals surface area (Å²) in [4.78, 5) is 20.4. The highest BCUT2D eigenvalue weighted by Crippen LogP contribution is 2.27. The van der Waals surface area contributed by atoms with Crippen LogP contribution >= 0.6 is 11.6 Å². The van der Waals surface area contributed by atoms with Gasteiger partial charge in [0, 0.05) is 6.20 Å². The summed E-state index contributed by atoms with van der Waals surface area (Å²) in [6, 6.07) is 3.04. The van der Waals surface area contributed by atoms with E-state index in [0.717, 1.165) is 10.9 Å². The fourth-order valence-electron chi connectivity index (χ4n) is 1.64. The van der Waals surface area contributed by atoms with Gasteiger partial charge in [-0.1, -0.05) is 11.6 Å². The van der Waals surface area contributed by atoms with Crippen molar-refractivity contribution < 1.29 is 18.4 Å².